The fraction of sp³-hybridized carbons (Fsp3) is 0.250. The van der Waals surface area contributed by atoms with Crippen LogP contribution < -0.4 is 4.90 Å². The Hall–Kier alpha value is -2.42. The lowest BCUT2D eigenvalue weighted by molar-refractivity contribution is -0.126. The Bertz CT molecular complexity index is 535. The summed E-state index contributed by atoms with van der Waals surface area (Å²) in [6.45, 7) is 1.29. The minimum Gasteiger partial charge on any atom is -0.282 e. The van der Waals surface area contributed by atoms with Crippen LogP contribution in [0, 0.1) is 17.1 Å². The quantitative estimate of drug-likeness (QED) is 0.587. The van der Waals surface area contributed by atoms with Gasteiger partial charge in [0.1, 0.15) is 18.4 Å². The van der Waals surface area contributed by atoms with E-state index in [0.717, 1.165) is 4.90 Å². The highest BCUT2D eigenvalue weighted by atomic mass is 19.1. The maximum atomic E-state index is 12.8. The van der Waals surface area contributed by atoms with Crippen molar-refractivity contribution in [1.82, 2.24) is 4.90 Å². The molecule has 0 radical (unpaired) electrons. The van der Waals surface area contributed by atoms with Crippen LogP contribution in [0.2, 0.25) is 0 Å². The maximum Gasteiger partial charge on any atom is 0.332 e. The normalized spacial score (nSPS) is 19.3. The van der Waals surface area contributed by atoms with Crippen LogP contribution in [0.4, 0.5) is 14.9 Å². The third-order valence-corrected chi connectivity index (χ3v) is 2.78. The summed E-state index contributed by atoms with van der Waals surface area (Å²) in [7, 11) is 0. The fourth-order valence-corrected chi connectivity index (χ4v) is 1.88. The molecule has 18 heavy (non-hydrogen) atoms. The van der Waals surface area contributed by atoms with Crippen LogP contribution in [0.1, 0.15) is 6.92 Å². The van der Waals surface area contributed by atoms with E-state index < -0.39 is 23.8 Å². The van der Waals surface area contributed by atoms with E-state index in [0.29, 0.717) is 5.69 Å². The molecule has 0 saturated carbocycles. The molecule has 1 atom stereocenters. The Morgan fingerprint density at radius 2 is 1.94 bits per heavy atom. The monoisotopic (exact) mass is 247 g/mol. The van der Waals surface area contributed by atoms with Gasteiger partial charge in [-0.15, -0.1) is 0 Å². The van der Waals surface area contributed by atoms with Gasteiger partial charge in [-0.3, -0.25) is 9.69 Å². The van der Waals surface area contributed by atoms with E-state index in [1.165, 1.54) is 29.2 Å². The second-order valence-corrected chi connectivity index (χ2v) is 3.89. The van der Waals surface area contributed by atoms with Gasteiger partial charge in [0.2, 0.25) is 0 Å². The Balaban J connectivity index is 2.34. The van der Waals surface area contributed by atoms with Gasteiger partial charge in [-0.2, -0.15) is 5.26 Å². The molecule has 1 heterocycles. The van der Waals surface area contributed by atoms with E-state index >= 15 is 0 Å². The minimum absolute atomic E-state index is 0.278. The third kappa shape index (κ3) is 1.80. The van der Waals surface area contributed by atoms with Crippen LogP contribution in [0.15, 0.2) is 24.3 Å². The highest BCUT2D eigenvalue weighted by Crippen LogP contribution is 2.25. The summed E-state index contributed by atoms with van der Waals surface area (Å²) in [5.41, 5.74) is 0.433. The van der Waals surface area contributed by atoms with Gasteiger partial charge in [0.25, 0.3) is 5.91 Å². The van der Waals surface area contributed by atoms with E-state index in [1.54, 1.807) is 13.0 Å². The highest BCUT2D eigenvalue weighted by molar-refractivity contribution is 6.14. The van der Waals surface area contributed by atoms with Crippen molar-refractivity contribution in [3.05, 3.63) is 30.1 Å². The second-order valence-electron chi connectivity index (χ2n) is 3.89. The Morgan fingerprint density at radius 1 is 1.33 bits per heavy atom. The number of hydrogen-bond donors (Lipinski definition) is 0. The van der Waals surface area contributed by atoms with Crippen LogP contribution in [-0.2, 0) is 4.79 Å². The fourth-order valence-electron chi connectivity index (χ4n) is 1.88. The lowest BCUT2D eigenvalue weighted by Crippen LogP contribution is -2.34. The first kappa shape index (κ1) is 12.0. The van der Waals surface area contributed by atoms with Gasteiger partial charge in [-0.25, -0.2) is 14.1 Å². The molecule has 0 N–H and O–H groups in total. The Morgan fingerprint density at radius 3 is 2.50 bits per heavy atom. The van der Waals surface area contributed by atoms with Gasteiger partial charge in [0.05, 0.1) is 6.07 Å². The summed E-state index contributed by atoms with van der Waals surface area (Å²) >= 11 is 0. The molecule has 1 fully saturated rings. The number of halogens is 1. The molecule has 2 rings (SSSR count). The van der Waals surface area contributed by atoms with Gasteiger partial charge in [0, 0.05) is 5.69 Å². The average Bonchev–Trinajstić information content (AvgIpc) is 2.56. The summed E-state index contributed by atoms with van der Waals surface area (Å²) in [5.74, 6) is -0.843. The smallest absolute Gasteiger partial charge is 0.282 e. The SMILES string of the molecule is CC1C(=O)N(CC#N)C(=O)N1c1ccc(F)cc1. The first-order valence-electron chi connectivity index (χ1n) is 5.33. The van der Waals surface area contributed by atoms with E-state index in [2.05, 4.69) is 0 Å². The summed E-state index contributed by atoms with van der Waals surface area (Å²) in [5, 5.41) is 8.58. The third-order valence-electron chi connectivity index (χ3n) is 2.78. The topological polar surface area (TPSA) is 64.4 Å². The van der Waals surface area contributed by atoms with Gasteiger partial charge in [0.15, 0.2) is 0 Å². The number of benzene rings is 1. The van der Waals surface area contributed by atoms with Crippen molar-refractivity contribution in [2.24, 2.45) is 0 Å². The number of rotatable bonds is 2. The highest BCUT2D eigenvalue weighted by Gasteiger charge is 2.43. The van der Waals surface area contributed by atoms with Crippen molar-refractivity contribution in [3.8, 4) is 6.07 Å². The lowest BCUT2D eigenvalue weighted by Gasteiger charge is -2.18. The first-order chi connectivity index (χ1) is 8.56. The molecule has 1 aromatic rings. The number of amides is 3. The molecule has 0 aromatic heterocycles. The standard InChI is InChI=1S/C12H10FN3O2/c1-8-11(17)15(7-6-14)12(18)16(8)10-4-2-9(13)3-5-10/h2-5,8H,7H2,1H3. The Kier molecular flexibility index (Phi) is 2.98. The molecule has 5 nitrogen and oxygen atoms in total. The number of carbonyl (C=O) groups is 2. The predicted octanol–water partition coefficient (Wildman–Crippen LogP) is 1.51. The first-order valence-corrected chi connectivity index (χ1v) is 5.33. The summed E-state index contributed by atoms with van der Waals surface area (Å²) in [6, 6.07) is 5.81. The number of nitriles is 1. The maximum absolute atomic E-state index is 12.8. The molecule has 0 spiro atoms. The van der Waals surface area contributed by atoms with Crippen molar-refractivity contribution in [1.29, 1.82) is 5.26 Å². The Labute approximate surface area is 103 Å². The van der Waals surface area contributed by atoms with Gasteiger partial charge in [-0.05, 0) is 31.2 Å². The molecule has 1 saturated heterocycles. The number of carbonyl (C=O) groups excluding carboxylic acids is 2. The molecule has 0 bridgehead atoms. The molecule has 1 unspecified atom stereocenters. The van der Waals surface area contributed by atoms with Crippen molar-refractivity contribution >= 4 is 17.6 Å². The van der Waals surface area contributed by atoms with Crippen molar-refractivity contribution < 1.29 is 14.0 Å². The zero-order valence-electron chi connectivity index (χ0n) is 9.63. The predicted molar refractivity (Wildman–Crippen MR) is 61.1 cm³/mol. The molecular formula is C12H10FN3O2. The van der Waals surface area contributed by atoms with Gasteiger partial charge >= 0.3 is 6.03 Å². The van der Waals surface area contributed by atoms with Crippen LogP contribution in [-0.4, -0.2) is 29.4 Å². The van der Waals surface area contributed by atoms with E-state index in [9.17, 15) is 14.0 Å². The lowest BCUT2D eigenvalue weighted by atomic mass is 10.2. The number of hydrogen-bond acceptors (Lipinski definition) is 3. The number of anilines is 1. The zero-order valence-corrected chi connectivity index (χ0v) is 9.63. The molecule has 6 heteroatoms. The molecular weight excluding hydrogens is 237 g/mol. The van der Waals surface area contributed by atoms with Crippen LogP contribution in [0.3, 0.4) is 0 Å². The van der Waals surface area contributed by atoms with Gasteiger partial charge in [-0.1, -0.05) is 0 Å². The van der Waals surface area contributed by atoms with Crippen LogP contribution in [0.25, 0.3) is 0 Å². The summed E-state index contributed by atoms with van der Waals surface area (Å²) in [4.78, 5) is 25.9. The van der Waals surface area contributed by atoms with Crippen LogP contribution >= 0.6 is 0 Å². The average molecular weight is 247 g/mol. The number of urea groups is 1. The summed E-state index contributed by atoms with van der Waals surface area (Å²) < 4.78 is 12.8. The minimum atomic E-state index is -0.684. The molecule has 3 amide bonds. The van der Waals surface area contributed by atoms with Gasteiger partial charge < -0.3 is 0 Å². The van der Waals surface area contributed by atoms with Crippen molar-refractivity contribution in [2.75, 3.05) is 11.4 Å². The van der Waals surface area contributed by atoms with Crippen molar-refractivity contribution in [2.45, 2.75) is 13.0 Å². The number of imide groups is 1. The molecule has 1 aromatic carbocycles. The molecule has 1 aliphatic heterocycles. The van der Waals surface area contributed by atoms with E-state index in [1.807, 2.05) is 0 Å². The number of nitrogens with zero attached hydrogens (tertiary/aromatic N) is 3. The summed E-state index contributed by atoms with van der Waals surface area (Å²) in [6.07, 6.45) is 0. The van der Waals surface area contributed by atoms with Crippen molar-refractivity contribution in [3.63, 3.8) is 0 Å². The van der Waals surface area contributed by atoms with Crippen LogP contribution in [0.5, 0.6) is 0 Å². The second kappa shape index (κ2) is 4.45. The zero-order chi connectivity index (χ0) is 13.3. The largest absolute Gasteiger partial charge is 0.332 e. The van der Waals surface area contributed by atoms with E-state index in [4.69, 9.17) is 5.26 Å². The molecule has 1 aliphatic rings. The molecule has 0 aliphatic carbocycles. The molecule has 92 valence electrons. The van der Waals surface area contributed by atoms with E-state index in [-0.39, 0.29) is 6.54 Å².